The SMILES string of the molecule is CCCCCCCCCO[C@H]1CC[C@]2(C)[C@H]3CC=C4[C@@H]5CC(C)(C)CC[C@]5(C)CC[C@@]4(C)[C@]3(C)CC[C@H]2C1(C)C. The number of fused-ring (bicyclic) bond motifs is 7. The lowest BCUT2D eigenvalue weighted by Crippen LogP contribution is -2.64. The van der Waals surface area contributed by atoms with Crippen molar-refractivity contribution in [3.05, 3.63) is 11.6 Å². The van der Waals surface area contributed by atoms with E-state index < -0.39 is 0 Å². The molecule has 5 aliphatic rings. The van der Waals surface area contributed by atoms with Gasteiger partial charge in [0.25, 0.3) is 0 Å². The Morgan fingerprint density at radius 3 is 2.12 bits per heavy atom. The van der Waals surface area contributed by atoms with Crippen molar-refractivity contribution < 1.29 is 4.74 Å². The summed E-state index contributed by atoms with van der Waals surface area (Å²) in [4.78, 5) is 0. The van der Waals surface area contributed by atoms with E-state index in [0.29, 0.717) is 33.2 Å². The van der Waals surface area contributed by atoms with E-state index in [1.165, 1.54) is 109 Å². The normalized spacial score (nSPS) is 45.5. The van der Waals surface area contributed by atoms with Gasteiger partial charge in [0, 0.05) is 6.61 Å². The summed E-state index contributed by atoms with van der Waals surface area (Å²) in [7, 11) is 0. The highest BCUT2D eigenvalue weighted by molar-refractivity contribution is 5.33. The number of rotatable bonds is 9. The van der Waals surface area contributed by atoms with Crippen LogP contribution in [0.1, 0.15) is 171 Å². The maximum Gasteiger partial charge on any atom is 0.0629 e. The first-order valence-electron chi connectivity index (χ1n) is 18.1. The van der Waals surface area contributed by atoms with Crippen LogP contribution < -0.4 is 0 Å². The third-order valence-corrected chi connectivity index (χ3v) is 15.1. The average Bonchev–Trinajstić information content (AvgIpc) is 2.88. The van der Waals surface area contributed by atoms with Crippen molar-refractivity contribution >= 4 is 0 Å². The lowest BCUT2D eigenvalue weighted by molar-refractivity contribution is -0.211. The van der Waals surface area contributed by atoms with Gasteiger partial charge in [-0.15, -0.1) is 0 Å². The van der Waals surface area contributed by atoms with Gasteiger partial charge in [0.15, 0.2) is 0 Å². The highest BCUT2D eigenvalue weighted by Crippen LogP contribution is 2.75. The Hall–Kier alpha value is -0.300. The topological polar surface area (TPSA) is 9.23 Å². The molecule has 0 bridgehead atoms. The van der Waals surface area contributed by atoms with Gasteiger partial charge in [0.1, 0.15) is 0 Å². The fraction of sp³-hybridized carbons (Fsp3) is 0.949. The molecule has 0 radical (unpaired) electrons. The van der Waals surface area contributed by atoms with Crippen LogP contribution in [0.25, 0.3) is 0 Å². The highest BCUT2D eigenvalue weighted by atomic mass is 16.5. The number of ether oxygens (including phenoxy) is 1. The summed E-state index contributed by atoms with van der Waals surface area (Å²) >= 11 is 0. The second-order valence-electron chi connectivity index (χ2n) is 18.2. The van der Waals surface area contributed by atoms with Crippen molar-refractivity contribution in [3.63, 3.8) is 0 Å². The van der Waals surface area contributed by atoms with Gasteiger partial charge in [0.2, 0.25) is 0 Å². The van der Waals surface area contributed by atoms with Crippen LogP contribution in [-0.2, 0) is 4.74 Å². The minimum Gasteiger partial charge on any atom is -0.378 e. The molecule has 5 rings (SSSR count). The fourth-order valence-corrected chi connectivity index (χ4v) is 12.1. The zero-order valence-corrected chi connectivity index (χ0v) is 28.5. The first-order chi connectivity index (χ1) is 18.7. The lowest BCUT2D eigenvalue weighted by Gasteiger charge is -2.71. The van der Waals surface area contributed by atoms with E-state index in [-0.39, 0.29) is 5.41 Å². The average molecular weight is 553 g/mol. The molecule has 8 atom stereocenters. The zero-order valence-electron chi connectivity index (χ0n) is 28.5. The summed E-state index contributed by atoms with van der Waals surface area (Å²) < 4.78 is 6.76. The van der Waals surface area contributed by atoms with Gasteiger partial charge >= 0.3 is 0 Å². The molecule has 5 aliphatic carbocycles. The maximum absolute atomic E-state index is 6.76. The molecule has 0 aliphatic heterocycles. The summed E-state index contributed by atoms with van der Waals surface area (Å²) in [6.07, 6.45) is 26.8. The molecule has 40 heavy (non-hydrogen) atoms. The molecular formula is C39H68O. The van der Waals surface area contributed by atoms with Crippen LogP contribution in [0.5, 0.6) is 0 Å². The lowest BCUT2D eigenvalue weighted by atomic mass is 9.33. The van der Waals surface area contributed by atoms with Crippen LogP contribution >= 0.6 is 0 Å². The number of hydrogen-bond acceptors (Lipinski definition) is 1. The van der Waals surface area contributed by atoms with Gasteiger partial charge in [-0.3, -0.25) is 0 Å². The van der Waals surface area contributed by atoms with Gasteiger partial charge in [-0.2, -0.15) is 0 Å². The van der Waals surface area contributed by atoms with E-state index in [1.54, 1.807) is 0 Å². The van der Waals surface area contributed by atoms with Gasteiger partial charge in [0.05, 0.1) is 6.10 Å². The summed E-state index contributed by atoms with van der Waals surface area (Å²) in [5.41, 5.74) is 4.50. The van der Waals surface area contributed by atoms with Crippen molar-refractivity contribution in [2.45, 2.75) is 178 Å². The zero-order chi connectivity index (χ0) is 29.0. The molecule has 4 saturated carbocycles. The van der Waals surface area contributed by atoms with E-state index in [2.05, 4.69) is 68.4 Å². The van der Waals surface area contributed by atoms with Crippen molar-refractivity contribution in [3.8, 4) is 0 Å². The van der Waals surface area contributed by atoms with Crippen LogP contribution in [0.4, 0.5) is 0 Å². The Labute approximate surface area is 250 Å². The molecule has 1 nitrogen and oxygen atoms in total. The van der Waals surface area contributed by atoms with Crippen molar-refractivity contribution in [2.24, 2.45) is 50.2 Å². The second kappa shape index (κ2) is 11.0. The van der Waals surface area contributed by atoms with Gasteiger partial charge in [-0.25, -0.2) is 0 Å². The van der Waals surface area contributed by atoms with Gasteiger partial charge in [-0.05, 0) is 121 Å². The first-order valence-corrected chi connectivity index (χ1v) is 18.1. The summed E-state index contributed by atoms with van der Waals surface area (Å²) in [5, 5.41) is 0. The van der Waals surface area contributed by atoms with E-state index in [0.717, 1.165) is 24.4 Å². The first kappa shape index (κ1) is 31.1. The summed E-state index contributed by atoms with van der Waals surface area (Å²) in [5.74, 6) is 2.41. The second-order valence-corrected chi connectivity index (χ2v) is 18.2. The van der Waals surface area contributed by atoms with Crippen LogP contribution in [0, 0.1) is 50.2 Å². The molecule has 0 aromatic heterocycles. The molecule has 1 heteroatoms. The maximum atomic E-state index is 6.76. The Kier molecular flexibility index (Phi) is 8.57. The third-order valence-electron chi connectivity index (χ3n) is 15.1. The quantitative estimate of drug-likeness (QED) is 0.204. The predicted octanol–water partition coefficient (Wildman–Crippen LogP) is 11.9. The monoisotopic (exact) mass is 553 g/mol. The molecular weight excluding hydrogens is 484 g/mol. The van der Waals surface area contributed by atoms with E-state index in [1.807, 2.05) is 5.57 Å². The molecule has 0 aromatic carbocycles. The Bertz CT molecular complexity index is 927. The van der Waals surface area contributed by atoms with Gasteiger partial charge < -0.3 is 4.74 Å². The van der Waals surface area contributed by atoms with Crippen LogP contribution in [0.15, 0.2) is 11.6 Å². The van der Waals surface area contributed by atoms with Crippen molar-refractivity contribution in [1.29, 1.82) is 0 Å². The van der Waals surface area contributed by atoms with Crippen molar-refractivity contribution in [2.75, 3.05) is 6.61 Å². The van der Waals surface area contributed by atoms with E-state index in [9.17, 15) is 0 Å². The summed E-state index contributed by atoms with van der Waals surface area (Å²) in [6.45, 7) is 24.5. The minimum absolute atomic E-state index is 0.277. The largest absolute Gasteiger partial charge is 0.378 e. The number of unbranched alkanes of at least 4 members (excludes halogenated alkanes) is 6. The predicted molar refractivity (Wildman–Crippen MR) is 172 cm³/mol. The molecule has 230 valence electrons. The van der Waals surface area contributed by atoms with Crippen LogP contribution in [0.3, 0.4) is 0 Å². The Morgan fingerprint density at radius 2 is 1.40 bits per heavy atom. The third kappa shape index (κ3) is 5.01. The molecule has 0 aromatic rings. The summed E-state index contributed by atoms with van der Waals surface area (Å²) in [6, 6.07) is 0. The molecule has 0 spiro atoms. The Balaban J connectivity index is 1.30. The molecule has 0 saturated heterocycles. The molecule has 4 fully saturated rings. The Morgan fingerprint density at radius 1 is 0.725 bits per heavy atom. The molecule has 0 amide bonds. The molecule has 0 unspecified atom stereocenters. The number of hydrogen-bond donors (Lipinski definition) is 0. The van der Waals surface area contributed by atoms with E-state index >= 15 is 0 Å². The minimum atomic E-state index is 0.277. The highest BCUT2D eigenvalue weighted by Gasteiger charge is 2.67. The molecule has 0 N–H and O–H groups in total. The standard InChI is InChI=1S/C39H68O/c1-10-11-12-13-14-15-16-27-40-33-20-21-37(7)31(35(33,4)5)19-22-39(9)32(37)18-17-29-30-28-34(2,3)23-24-36(30,6)25-26-38(29,39)8/h17,30-33H,10-16,18-28H2,1-9H3/t30-,31-,32+,33-,36+,37-,38+,39+/m0/s1. The smallest absolute Gasteiger partial charge is 0.0629 e. The number of allylic oxidation sites excluding steroid dienone is 2. The molecule has 0 heterocycles. The van der Waals surface area contributed by atoms with E-state index in [4.69, 9.17) is 4.74 Å². The van der Waals surface area contributed by atoms with Crippen LogP contribution in [-0.4, -0.2) is 12.7 Å². The van der Waals surface area contributed by atoms with Gasteiger partial charge in [-0.1, -0.05) is 112 Å². The fourth-order valence-electron chi connectivity index (χ4n) is 12.1. The van der Waals surface area contributed by atoms with Crippen molar-refractivity contribution in [1.82, 2.24) is 0 Å². The van der Waals surface area contributed by atoms with Crippen LogP contribution in [0.2, 0.25) is 0 Å².